The molecular formula is C24H27N3O4. The average molecular weight is 421 g/mol. The first-order valence-corrected chi connectivity index (χ1v) is 10.7. The Balaban J connectivity index is 1.36. The fourth-order valence-electron chi connectivity index (χ4n) is 4.23. The Labute approximate surface area is 181 Å². The molecule has 2 aromatic carbocycles. The van der Waals surface area contributed by atoms with Gasteiger partial charge in [0.25, 0.3) is 5.91 Å². The summed E-state index contributed by atoms with van der Waals surface area (Å²) < 4.78 is 5.22. The van der Waals surface area contributed by atoms with E-state index in [1.54, 1.807) is 12.1 Å². The van der Waals surface area contributed by atoms with E-state index in [1.165, 1.54) is 0 Å². The Morgan fingerprint density at radius 3 is 2.74 bits per heavy atom. The summed E-state index contributed by atoms with van der Waals surface area (Å²) in [6.45, 7) is 4.47. The van der Waals surface area contributed by atoms with E-state index < -0.39 is 5.97 Å². The van der Waals surface area contributed by atoms with E-state index in [0.29, 0.717) is 11.3 Å². The normalized spacial score (nSPS) is 17.9. The molecule has 2 N–H and O–H groups in total. The molecule has 0 bridgehead atoms. The van der Waals surface area contributed by atoms with Crippen LogP contribution in [0.15, 0.2) is 42.5 Å². The van der Waals surface area contributed by atoms with Crippen molar-refractivity contribution < 1.29 is 19.1 Å². The third-order valence-electron chi connectivity index (χ3n) is 5.91. The second-order valence-corrected chi connectivity index (χ2v) is 8.09. The quantitative estimate of drug-likeness (QED) is 0.699. The zero-order chi connectivity index (χ0) is 22.0. The number of benzene rings is 2. The fourth-order valence-corrected chi connectivity index (χ4v) is 4.23. The summed E-state index contributed by atoms with van der Waals surface area (Å²) >= 11 is 0. The molecule has 0 aromatic heterocycles. The number of esters is 1. The highest BCUT2D eigenvalue weighted by molar-refractivity contribution is 6.05. The number of hydrogen-bond donors (Lipinski definition) is 2. The van der Waals surface area contributed by atoms with Crippen molar-refractivity contribution in [1.29, 1.82) is 0 Å². The molecule has 2 amide bonds. The van der Waals surface area contributed by atoms with Crippen molar-refractivity contribution in [2.75, 3.05) is 23.4 Å². The molecule has 162 valence electrons. The van der Waals surface area contributed by atoms with E-state index >= 15 is 0 Å². The van der Waals surface area contributed by atoms with E-state index in [9.17, 15) is 14.4 Å². The van der Waals surface area contributed by atoms with Gasteiger partial charge in [-0.3, -0.25) is 9.59 Å². The minimum atomic E-state index is -0.598. The van der Waals surface area contributed by atoms with E-state index in [0.717, 1.165) is 42.6 Å². The zero-order valence-electron chi connectivity index (χ0n) is 17.8. The second kappa shape index (κ2) is 8.79. The molecule has 2 atom stereocenters. The van der Waals surface area contributed by atoms with Crippen molar-refractivity contribution in [1.82, 2.24) is 5.32 Å². The van der Waals surface area contributed by atoms with Gasteiger partial charge in [-0.1, -0.05) is 36.8 Å². The van der Waals surface area contributed by atoms with Gasteiger partial charge in [0.1, 0.15) is 6.04 Å². The van der Waals surface area contributed by atoms with Crippen LogP contribution in [0.25, 0.3) is 0 Å². The van der Waals surface area contributed by atoms with Gasteiger partial charge in [0.2, 0.25) is 5.91 Å². The molecule has 1 fully saturated rings. The lowest BCUT2D eigenvalue weighted by molar-refractivity contribution is -0.125. The Hall–Kier alpha value is -3.35. The molecule has 0 saturated carbocycles. The SMILES string of the molecule is CC[C@H](NC(=O)COC(=O)c1ccc2c(c1)NC(=O)[C@@H]1CCCN21)c1ccc(C)cc1. The van der Waals surface area contributed by atoms with E-state index in [-0.39, 0.29) is 30.5 Å². The molecule has 0 aliphatic carbocycles. The number of hydrogen-bond acceptors (Lipinski definition) is 5. The van der Waals surface area contributed by atoms with Crippen LogP contribution in [-0.4, -0.2) is 37.0 Å². The van der Waals surface area contributed by atoms with Crippen molar-refractivity contribution in [3.63, 3.8) is 0 Å². The predicted octanol–water partition coefficient (Wildman–Crippen LogP) is 3.34. The Kier molecular flexibility index (Phi) is 5.93. The molecule has 2 heterocycles. The standard InChI is InChI=1S/C24H27N3O4/c1-3-18(16-8-6-15(2)7-9-16)25-22(28)14-31-24(30)17-10-11-20-19(13-17)26-23(29)21-5-4-12-27(20)21/h6-11,13,18,21H,3-5,12,14H2,1-2H3,(H,25,28)(H,26,29)/t18-,21-/m0/s1. The van der Waals surface area contributed by atoms with Crippen LogP contribution in [-0.2, 0) is 14.3 Å². The van der Waals surface area contributed by atoms with Crippen molar-refractivity contribution in [2.24, 2.45) is 0 Å². The number of nitrogens with one attached hydrogen (secondary N) is 2. The third kappa shape index (κ3) is 4.40. The van der Waals surface area contributed by atoms with Crippen molar-refractivity contribution in [3.05, 3.63) is 59.2 Å². The lowest BCUT2D eigenvalue weighted by Crippen LogP contribution is -2.43. The van der Waals surface area contributed by atoms with E-state index in [2.05, 4.69) is 15.5 Å². The number of amides is 2. The molecule has 1 saturated heterocycles. The van der Waals surface area contributed by atoms with Crippen LogP contribution in [0, 0.1) is 6.92 Å². The molecule has 2 aromatic rings. The average Bonchev–Trinajstić information content (AvgIpc) is 3.27. The van der Waals surface area contributed by atoms with Crippen LogP contribution in [0.5, 0.6) is 0 Å². The number of nitrogens with zero attached hydrogens (tertiary/aromatic N) is 1. The monoisotopic (exact) mass is 421 g/mol. The van der Waals surface area contributed by atoms with Crippen LogP contribution in [0.4, 0.5) is 11.4 Å². The largest absolute Gasteiger partial charge is 0.452 e. The fraction of sp³-hybridized carbons (Fsp3) is 0.375. The minimum Gasteiger partial charge on any atom is -0.452 e. The number of anilines is 2. The Morgan fingerprint density at radius 2 is 2.00 bits per heavy atom. The maximum absolute atomic E-state index is 12.5. The summed E-state index contributed by atoms with van der Waals surface area (Å²) in [7, 11) is 0. The zero-order valence-corrected chi connectivity index (χ0v) is 17.8. The third-order valence-corrected chi connectivity index (χ3v) is 5.91. The number of rotatable bonds is 6. The van der Waals surface area contributed by atoms with E-state index in [4.69, 9.17) is 4.74 Å². The van der Waals surface area contributed by atoms with Gasteiger partial charge >= 0.3 is 5.97 Å². The Bertz CT molecular complexity index is 1000. The number of fused-ring (bicyclic) bond motifs is 3. The van der Waals surface area contributed by atoms with Crippen LogP contribution in [0.3, 0.4) is 0 Å². The maximum atomic E-state index is 12.5. The van der Waals surface area contributed by atoms with Gasteiger partial charge in [-0.2, -0.15) is 0 Å². The summed E-state index contributed by atoms with van der Waals surface area (Å²) in [6.07, 6.45) is 2.54. The number of aryl methyl sites for hydroxylation is 1. The Morgan fingerprint density at radius 1 is 1.23 bits per heavy atom. The van der Waals surface area contributed by atoms with Crippen LogP contribution >= 0.6 is 0 Å². The number of carbonyl (C=O) groups excluding carboxylic acids is 3. The molecule has 2 aliphatic rings. The van der Waals surface area contributed by atoms with Gasteiger partial charge < -0.3 is 20.3 Å². The second-order valence-electron chi connectivity index (χ2n) is 8.09. The summed E-state index contributed by atoms with van der Waals surface area (Å²) in [5.41, 5.74) is 3.99. The lowest BCUT2D eigenvalue weighted by Gasteiger charge is -2.33. The number of carbonyl (C=O) groups is 3. The highest BCUT2D eigenvalue weighted by atomic mass is 16.5. The first-order chi connectivity index (χ1) is 15.0. The highest BCUT2D eigenvalue weighted by Crippen LogP contribution is 2.37. The maximum Gasteiger partial charge on any atom is 0.338 e. The van der Waals surface area contributed by atoms with E-state index in [1.807, 2.05) is 44.2 Å². The summed E-state index contributed by atoms with van der Waals surface area (Å²) in [5.74, 6) is -0.998. The molecular weight excluding hydrogens is 394 g/mol. The van der Waals surface area contributed by atoms with Crippen LogP contribution < -0.4 is 15.5 Å². The van der Waals surface area contributed by atoms with Gasteiger partial charge in [0.15, 0.2) is 6.61 Å². The van der Waals surface area contributed by atoms with Crippen molar-refractivity contribution in [3.8, 4) is 0 Å². The van der Waals surface area contributed by atoms with Crippen LogP contribution in [0.2, 0.25) is 0 Å². The molecule has 0 spiro atoms. The predicted molar refractivity (Wildman–Crippen MR) is 118 cm³/mol. The molecule has 7 nitrogen and oxygen atoms in total. The molecule has 0 unspecified atom stereocenters. The molecule has 0 radical (unpaired) electrons. The van der Waals surface area contributed by atoms with Crippen molar-refractivity contribution >= 4 is 29.2 Å². The van der Waals surface area contributed by atoms with Gasteiger partial charge in [0.05, 0.1) is 23.0 Å². The lowest BCUT2D eigenvalue weighted by atomic mass is 10.0. The first kappa shape index (κ1) is 20.9. The van der Waals surface area contributed by atoms with Gasteiger partial charge in [-0.25, -0.2) is 4.79 Å². The summed E-state index contributed by atoms with van der Waals surface area (Å²) in [6, 6.07) is 12.8. The molecule has 31 heavy (non-hydrogen) atoms. The van der Waals surface area contributed by atoms with Gasteiger partial charge in [-0.15, -0.1) is 0 Å². The molecule has 2 aliphatic heterocycles. The van der Waals surface area contributed by atoms with Gasteiger partial charge in [0, 0.05) is 6.54 Å². The molecule has 7 heteroatoms. The van der Waals surface area contributed by atoms with Gasteiger partial charge in [-0.05, 0) is 49.9 Å². The summed E-state index contributed by atoms with van der Waals surface area (Å²) in [5, 5.41) is 5.79. The van der Waals surface area contributed by atoms with Crippen molar-refractivity contribution in [2.45, 2.75) is 45.2 Å². The highest BCUT2D eigenvalue weighted by Gasteiger charge is 2.36. The first-order valence-electron chi connectivity index (χ1n) is 10.7. The summed E-state index contributed by atoms with van der Waals surface area (Å²) in [4.78, 5) is 39.2. The molecule has 4 rings (SSSR count). The number of ether oxygens (including phenoxy) is 1. The van der Waals surface area contributed by atoms with Crippen LogP contribution in [0.1, 0.15) is 53.7 Å². The topological polar surface area (TPSA) is 87.7 Å². The smallest absolute Gasteiger partial charge is 0.338 e. The minimum absolute atomic E-state index is 0.0448.